The van der Waals surface area contributed by atoms with Gasteiger partial charge in [-0.1, -0.05) is 11.8 Å². The lowest BCUT2D eigenvalue weighted by atomic mass is 10.1. The van der Waals surface area contributed by atoms with Crippen LogP contribution in [0.1, 0.15) is 16.1 Å². The minimum atomic E-state index is -0.629. The highest BCUT2D eigenvalue weighted by Crippen LogP contribution is 2.18. The van der Waals surface area contributed by atoms with E-state index in [2.05, 4.69) is 19.7 Å². The van der Waals surface area contributed by atoms with Crippen LogP contribution in [0.5, 0.6) is 0 Å². The van der Waals surface area contributed by atoms with E-state index < -0.39 is 11.5 Å². The number of hydrogen-bond acceptors (Lipinski definition) is 7. The van der Waals surface area contributed by atoms with Crippen LogP contribution in [-0.4, -0.2) is 58.7 Å². The highest BCUT2D eigenvalue weighted by Gasteiger charge is 2.18. The molecule has 0 aliphatic rings. The molecule has 0 bridgehead atoms. The summed E-state index contributed by atoms with van der Waals surface area (Å²) in [5.41, 5.74) is 0.303. The molecule has 2 aromatic rings. The molecule has 122 valence electrons. The molecular weight excluding hydrogens is 320 g/mol. The monoisotopic (exact) mass is 336 g/mol. The Hall–Kier alpha value is -2.42. The standard InChI is InChI=1S/C14H16N4O4S/c1-7-5-8(13(21)22-4)10-11(15-7)16-14(17-12(10)20)23-6-9(19)18(2)3/h5H,6H2,1-4H3,(H,15,16,17,20). The van der Waals surface area contributed by atoms with Gasteiger partial charge in [-0.3, -0.25) is 9.59 Å². The van der Waals surface area contributed by atoms with Gasteiger partial charge in [0.2, 0.25) is 5.91 Å². The number of rotatable bonds is 4. The van der Waals surface area contributed by atoms with Crippen molar-refractivity contribution in [2.75, 3.05) is 27.0 Å². The molecule has 0 aromatic carbocycles. The Morgan fingerprint density at radius 3 is 2.65 bits per heavy atom. The van der Waals surface area contributed by atoms with Crippen molar-refractivity contribution < 1.29 is 14.3 Å². The fourth-order valence-corrected chi connectivity index (χ4v) is 2.68. The summed E-state index contributed by atoms with van der Waals surface area (Å²) in [5.74, 6) is -0.599. The van der Waals surface area contributed by atoms with Crippen LogP contribution in [0.3, 0.4) is 0 Å². The van der Waals surface area contributed by atoms with Gasteiger partial charge in [-0.05, 0) is 13.0 Å². The lowest BCUT2D eigenvalue weighted by molar-refractivity contribution is -0.125. The van der Waals surface area contributed by atoms with Crippen molar-refractivity contribution in [1.82, 2.24) is 19.9 Å². The molecule has 0 unspecified atom stereocenters. The lowest BCUT2D eigenvalue weighted by Crippen LogP contribution is -2.24. The first-order valence-corrected chi connectivity index (χ1v) is 7.65. The van der Waals surface area contributed by atoms with Crippen LogP contribution < -0.4 is 5.56 Å². The quantitative estimate of drug-likeness (QED) is 0.495. The molecule has 23 heavy (non-hydrogen) atoms. The Bertz CT molecular complexity index is 831. The van der Waals surface area contributed by atoms with E-state index in [1.54, 1.807) is 21.0 Å². The second-order valence-corrected chi connectivity index (χ2v) is 5.91. The second kappa shape index (κ2) is 6.78. The molecule has 0 saturated carbocycles. The smallest absolute Gasteiger partial charge is 0.338 e. The first-order chi connectivity index (χ1) is 10.8. The number of nitrogens with one attached hydrogen (secondary N) is 1. The van der Waals surface area contributed by atoms with Crippen molar-refractivity contribution in [3.8, 4) is 0 Å². The normalized spacial score (nSPS) is 10.6. The van der Waals surface area contributed by atoms with Gasteiger partial charge in [0.15, 0.2) is 10.8 Å². The Morgan fingerprint density at radius 1 is 1.35 bits per heavy atom. The molecule has 0 atom stereocenters. The molecule has 2 aromatic heterocycles. The SMILES string of the molecule is COC(=O)c1cc(C)nc2nc(SCC(=O)N(C)C)[nH]c(=O)c12. The van der Waals surface area contributed by atoms with E-state index in [0.717, 1.165) is 11.8 Å². The molecule has 0 saturated heterocycles. The van der Waals surface area contributed by atoms with Crippen LogP contribution in [-0.2, 0) is 9.53 Å². The molecule has 2 rings (SSSR count). The van der Waals surface area contributed by atoms with E-state index in [1.807, 2.05) is 0 Å². The van der Waals surface area contributed by atoms with Crippen LogP contribution in [0.4, 0.5) is 0 Å². The number of amides is 1. The average molecular weight is 336 g/mol. The summed E-state index contributed by atoms with van der Waals surface area (Å²) in [5, 5.41) is 0.345. The zero-order valence-electron chi connectivity index (χ0n) is 13.2. The van der Waals surface area contributed by atoms with Gasteiger partial charge in [0.05, 0.1) is 23.8 Å². The number of nitrogens with zero attached hydrogens (tertiary/aromatic N) is 3. The number of carbonyl (C=O) groups excluding carboxylic acids is 2. The summed E-state index contributed by atoms with van der Waals surface area (Å²) in [6.45, 7) is 1.69. The fraction of sp³-hybridized carbons (Fsp3) is 0.357. The predicted molar refractivity (Wildman–Crippen MR) is 85.7 cm³/mol. The van der Waals surface area contributed by atoms with Crippen molar-refractivity contribution >= 4 is 34.7 Å². The van der Waals surface area contributed by atoms with E-state index in [9.17, 15) is 14.4 Å². The van der Waals surface area contributed by atoms with E-state index >= 15 is 0 Å². The number of fused-ring (bicyclic) bond motifs is 1. The number of aromatic amines is 1. The minimum Gasteiger partial charge on any atom is -0.465 e. The third kappa shape index (κ3) is 3.67. The first kappa shape index (κ1) is 16.9. The topological polar surface area (TPSA) is 105 Å². The van der Waals surface area contributed by atoms with Crippen molar-refractivity contribution in [1.29, 1.82) is 0 Å². The van der Waals surface area contributed by atoms with Gasteiger partial charge in [0.25, 0.3) is 5.56 Å². The molecule has 9 heteroatoms. The lowest BCUT2D eigenvalue weighted by Gasteiger charge is -2.09. The number of esters is 1. The van der Waals surface area contributed by atoms with Gasteiger partial charge in [-0.15, -0.1) is 0 Å². The number of pyridine rings is 1. The van der Waals surface area contributed by atoms with Gasteiger partial charge < -0.3 is 14.6 Å². The zero-order valence-corrected chi connectivity index (χ0v) is 14.0. The molecule has 0 aliphatic heterocycles. The molecule has 1 amide bonds. The summed E-state index contributed by atoms with van der Waals surface area (Å²) in [4.78, 5) is 48.1. The number of hydrogen-bond donors (Lipinski definition) is 1. The van der Waals surface area contributed by atoms with Crippen molar-refractivity contribution in [2.45, 2.75) is 12.1 Å². The summed E-state index contributed by atoms with van der Waals surface area (Å²) < 4.78 is 4.69. The van der Waals surface area contributed by atoms with Gasteiger partial charge >= 0.3 is 5.97 Å². The van der Waals surface area contributed by atoms with Gasteiger partial charge in [-0.25, -0.2) is 14.8 Å². The first-order valence-electron chi connectivity index (χ1n) is 6.66. The molecule has 8 nitrogen and oxygen atoms in total. The zero-order chi connectivity index (χ0) is 17.1. The van der Waals surface area contributed by atoms with Crippen LogP contribution in [0.15, 0.2) is 16.0 Å². The number of H-pyrrole nitrogens is 1. The Balaban J connectivity index is 2.48. The van der Waals surface area contributed by atoms with Crippen LogP contribution >= 0.6 is 11.8 Å². The minimum absolute atomic E-state index is 0.0748. The van der Waals surface area contributed by atoms with E-state index in [1.165, 1.54) is 18.1 Å². The maximum absolute atomic E-state index is 12.3. The van der Waals surface area contributed by atoms with E-state index in [-0.39, 0.29) is 33.4 Å². The van der Waals surface area contributed by atoms with Crippen LogP contribution in [0, 0.1) is 6.92 Å². The third-order valence-electron chi connectivity index (χ3n) is 3.02. The van der Waals surface area contributed by atoms with Gasteiger partial charge in [0.1, 0.15) is 0 Å². The Kier molecular flexibility index (Phi) is 4.99. The second-order valence-electron chi connectivity index (χ2n) is 4.95. The Morgan fingerprint density at radius 2 is 2.04 bits per heavy atom. The van der Waals surface area contributed by atoms with Crippen molar-refractivity contribution in [3.63, 3.8) is 0 Å². The third-order valence-corrected chi connectivity index (χ3v) is 3.88. The molecule has 1 N–H and O–H groups in total. The average Bonchev–Trinajstić information content (AvgIpc) is 2.50. The molecule has 0 spiro atoms. The summed E-state index contributed by atoms with van der Waals surface area (Å²) >= 11 is 1.10. The van der Waals surface area contributed by atoms with Crippen molar-refractivity contribution in [2.24, 2.45) is 0 Å². The van der Waals surface area contributed by atoms with Crippen LogP contribution in [0.25, 0.3) is 11.0 Å². The summed E-state index contributed by atoms with van der Waals surface area (Å²) in [7, 11) is 4.53. The molecule has 2 heterocycles. The molecular formula is C14H16N4O4S. The van der Waals surface area contributed by atoms with Gasteiger partial charge in [-0.2, -0.15) is 0 Å². The van der Waals surface area contributed by atoms with Crippen molar-refractivity contribution in [3.05, 3.63) is 27.7 Å². The maximum atomic E-state index is 12.3. The number of ether oxygens (including phenoxy) is 1. The number of carbonyl (C=O) groups is 2. The largest absolute Gasteiger partial charge is 0.465 e. The number of thioether (sulfide) groups is 1. The van der Waals surface area contributed by atoms with Crippen LogP contribution in [0.2, 0.25) is 0 Å². The number of methoxy groups -OCH3 is 1. The van der Waals surface area contributed by atoms with E-state index in [4.69, 9.17) is 0 Å². The summed E-state index contributed by atoms with van der Waals surface area (Å²) in [6.07, 6.45) is 0. The Labute approximate surface area is 136 Å². The molecule has 0 fully saturated rings. The molecule has 0 radical (unpaired) electrons. The van der Waals surface area contributed by atoms with Gasteiger partial charge in [0, 0.05) is 19.8 Å². The number of aryl methyl sites for hydroxylation is 1. The fourth-order valence-electron chi connectivity index (χ4n) is 1.84. The number of aromatic nitrogens is 3. The highest BCUT2D eigenvalue weighted by atomic mass is 32.2. The highest BCUT2D eigenvalue weighted by molar-refractivity contribution is 7.99. The maximum Gasteiger partial charge on any atom is 0.338 e. The summed E-state index contributed by atoms with van der Waals surface area (Å²) in [6, 6.07) is 1.48. The predicted octanol–water partition coefficient (Wildman–Crippen LogP) is 0.593. The van der Waals surface area contributed by atoms with E-state index in [0.29, 0.717) is 5.69 Å². The molecule has 0 aliphatic carbocycles.